The molecule has 0 aliphatic heterocycles. The molecule has 5 nitrogen and oxygen atoms in total. The van der Waals surface area contributed by atoms with Crippen LogP contribution < -0.4 is 10.6 Å². The van der Waals surface area contributed by atoms with Gasteiger partial charge in [-0.1, -0.05) is 29.8 Å². The van der Waals surface area contributed by atoms with Crippen LogP contribution in [0.25, 0.3) is 0 Å². The van der Waals surface area contributed by atoms with Gasteiger partial charge in [0.2, 0.25) is 0 Å². The largest absolute Gasteiger partial charge is 0.459 e. The van der Waals surface area contributed by atoms with Crippen LogP contribution in [-0.2, 0) is 0 Å². The fourth-order valence-electron chi connectivity index (χ4n) is 3.23. The maximum atomic E-state index is 12.9. The molecule has 1 aliphatic rings. The molecule has 2 aromatic heterocycles. The fraction of sp³-hybridized carbons (Fsp3) is 0.273. The molecule has 2 N–H and O–H groups in total. The Hall–Kier alpha value is -2.86. The van der Waals surface area contributed by atoms with Gasteiger partial charge >= 0.3 is 0 Å². The molecule has 144 valence electrons. The Labute approximate surface area is 167 Å². The first-order chi connectivity index (χ1) is 13.5. The van der Waals surface area contributed by atoms with Crippen LogP contribution >= 0.6 is 11.3 Å². The van der Waals surface area contributed by atoms with Crippen LogP contribution in [0.15, 0.2) is 53.1 Å². The molecule has 1 atom stereocenters. The minimum atomic E-state index is -0.325. The smallest absolute Gasteiger partial charge is 0.291 e. The Balaban J connectivity index is 1.49. The highest BCUT2D eigenvalue weighted by atomic mass is 32.1. The van der Waals surface area contributed by atoms with Crippen molar-refractivity contribution in [2.75, 3.05) is 5.32 Å². The molecular formula is C22H22N2O3S. The van der Waals surface area contributed by atoms with E-state index < -0.39 is 0 Å². The second kappa shape index (κ2) is 7.64. The van der Waals surface area contributed by atoms with Crippen molar-refractivity contribution in [1.82, 2.24) is 5.32 Å². The van der Waals surface area contributed by atoms with E-state index in [4.69, 9.17) is 4.42 Å². The van der Waals surface area contributed by atoms with E-state index in [0.29, 0.717) is 15.8 Å². The van der Waals surface area contributed by atoms with Gasteiger partial charge < -0.3 is 15.1 Å². The van der Waals surface area contributed by atoms with E-state index in [9.17, 15) is 9.59 Å². The Morgan fingerprint density at radius 3 is 2.50 bits per heavy atom. The van der Waals surface area contributed by atoms with Gasteiger partial charge in [-0.3, -0.25) is 9.59 Å². The molecule has 28 heavy (non-hydrogen) atoms. The average molecular weight is 394 g/mol. The van der Waals surface area contributed by atoms with Gasteiger partial charge in [-0.2, -0.15) is 0 Å². The van der Waals surface area contributed by atoms with Crippen LogP contribution in [0.3, 0.4) is 0 Å². The van der Waals surface area contributed by atoms with Gasteiger partial charge in [0.05, 0.1) is 22.2 Å². The van der Waals surface area contributed by atoms with Crippen molar-refractivity contribution in [2.45, 2.75) is 32.7 Å². The standard InChI is InChI=1S/C22H22N2O3S/c1-13-5-7-15(8-6-13)19(16-9-10-16)24-22(26)20-14(2)12-18(28-20)23-21(25)17-4-3-11-27-17/h3-8,11-12,16,19H,9-10H2,1-2H3,(H,23,25)(H,24,26). The molecule has 6 heteroatoms. The number of thiophene rings is 1. The summed E-state index contributed by atoms with van der Waals surface area (Å²) in [6.45, 7) is 3.94. The topological polar surface area (TPSA) is 71.3 Å². The maximum Gasteiger partial charge on any atom is 0.291 e. The molecule has 1 unspecified atom stereocenters. The predicted octanol–water partition coefficient (Wildman–Crippen LogP) is 5.09. The summed E-state index contributed by atoms with van der Waals surface area (Å²) in [6, 6.07) is 13.4. The summed E-state index contributed by atoms with van der Waals surface area (Å²) >= 11 is 1.28. The zero-order valence-electron chi connectivity index (χ0n) is 15.8. The van der Waals surface area contributed by atoms with Crippen molar-refractivity contribution >= 4 is 28.2 Å². The van der Waals surface area contributed by atoms with E-state index in [1.807, 2.05) is 13.0 Å². The number of hydrogen-bond donors (Lipinski definition) is 2. The second-order valence-corrected chi connectivity index (χ2v) is 8.31. The Kier molecular flexibility index (Phi) is 5.05. The number of furan rings is 1. The first-order valence-corrected chi connectivity index (χ1v) is 10.2. The monoisotopic (exact) mass is 394 g/mol. The zero-order chi connectivity index (χ0) is 19.7. The number of anilines is 1. The van der Waals surface area contributed by atoms with Gasteiger partial charge in [0.15, 0.2) is 5.76 Å². The third kappa shape index (κ3) is 4.02. The molecule has 3 aromatic rings. The quantitative estimate of drug-likeness (QED) is 0.612. The molecule has 0 saturated heterocycles. The first-order valence-electron chi connectivity index (χ1n) is 9.34. The summed E-state index contributed by atoms with van der Waals surface area (Å²) < 4.78 is 5.11. The third-order valence-electron chi connectivity index (χ3n) is 4.92. The van der Waals surface area contributed by atoms with Gasteiger partial charge in [-0.05, 0) is 61.9 Å². The molecule has 2 heterocycles. The van der Waals surface area contributed by atoms with Crippen LogP contribution in [-0.4, -0.2) is 11.8 Å². The molecule has 4 rings (SSSR count). The maximum absolute atomic E-state index is 12.9. The molecule has 1 fully saturated rings. The normalized spacial score (nSPS) is 14.5. The lowest BCUT2D eigenvalue weighted by molar-refractivity contribution is 0.0934. The molecular weight excluding hydrogens is 372 g/mol. The number of nitrogens with one attached hydrogen (secondary N) is 2. The molecule has 0 bridgehead atoms. The SMILES string of the molecule is Cc1ccc(C(NC(=O)c2sc(NC(=O)c3ccco3)cc2C)C2CC2)cc1. The fourth-order valence-corrected chi connectivity index (χ4v) is 4.20. The molecule has 1 aromatic carbocycles. The summed E-state index contributed by atoms with van der Waals surface area (Å²) in [5, 5.41) is 6.63. The predicted molar refractivity (Wildman–Crippen MR) is 110 cm³/mol. The zero-order valence-corrected chi connectivity index (χ0v) is 16.6. The highest BCUT2D eigenvalue weighted by Crippen LogP contribution is 2.41. The van der Waals surface area contributed by atoms with E-state index in [1.165, 1.54) is 23.2 Å². The summed E-state index contributed by atoms with van der Waals surface area (Å²) in [4.78, 5) is 25.7. The lowest BCUT2D eigenvalue weighted by atomic mass is 10.0. The van der Waals surface area contributed by atoms with Crippen molar-refractivity contribution in [1.29, 1.82) is 0 Å². The average Bonchev–Trinajstić information content (AvgIpc) is 3.22. The van der Waals surface area contributed by atoms with Crippen LogP contribution in [0.2, 0.25) is 0 Å². The van der Waals surface area contributed by atoms with Gasteiger partial charge in [0.25, 0.3) is 11.8 Å². The number of carbonyl (C=O) groups excluding carboxylic acids is 2. The van der Waals surface area contributed by atoms with Crippen molar-refractivity contribution in [3.63, 3.8) is 0 Å². The van der Waals surface area contributed by atoms with Crippen LogP contribution in [0.5, 0.6) is 0 Å². The number of aryl methyl sites for hydroxylation is 2. The number of hydrogen-bond acceptors (Lipinski definition) is 4. The van der Waals surface area contributed by atoms with E-state index in [1.54, 1.807) is 12.1 Å². The van der Waals surface area contributed by atoms with Gasteiger partial charge in [-0.15, -0.1) is 11.3 Å². The van der Waals surface area contributed by atoms with Crippen LogP contribution in [0.1, 0.15) is 55.8 Å². The molecule has 0 radical (unpaired) electrons. The number of amides is 2. The highest BCUT2D eigenvalue weighted by molar-refractivity contribution is 7.18. The van der Waals surface area contributed by atoms with Gasteiger partial charge in [-0.25, -0.2) is 0 Å². The van der Waals surface area contributed by atoms with E-state index in [-0.39, 0.29) is 23.6 Å². The van der Waals surface area contributed by atoms with Crippen molar-refractivity contribution in [3.05, 3.63) is 76.1 Å². The van der Waals surface area contributed by atoms with Gasteiger partial charge in [0.1, 0.15) is 0 Å². The van der Waals surface area contributed by atoms with Gasteiger partial charge in [0, 0.05) is 0 Å². The summed E-state index contributed by atoms with van der Waals surface area (Å²) in [7, 11) is 0. The summed E-state index contributed by atoms with van der Waals surface area (Å²) in [5.41, 5.74) is 3.19. The number of carbonyl (C=O) groups is 2. The molecule has 0 spiro atoms. The molecule has 1 aliphatic carbocycles. The summed E-state index contributed by atoms with van der Waals surface area (Å²) in [6.07, 6.45) is 3.72. The number of benzene rings is 1. The van der Waals surface area contributed by atoms with Crippen molar-refractivity contribution < 1.29 is 14.0 Å². The minimum absolute atomic E-state index is 0.0239. The molecule has 1 saturated carbocycles. The minimum Gasteiger partial charge on any atom is -0.459 e. The molecule has 2 amide bonds. The first kappa shape index (κ1) is 18.5. The third-order valence-corrected chi connectivity index (χ3v) is 6.07. The van der Waals surface area contributed by atoms with Crippen molar-refractivity contribution in [3.8, 4) is 0 Å². The second-order valence-electron chi connectivity index (χ2n) is 7.25. The Morgan fingerprint density at radius 1 is 1.11 bits per heavy atom. The Bertz CT molecular complexity index is 985. The highest BCUT2D eigenvalue weighted by Gasteiger charge is 2.34. The van der Waals surface area contributed by atoms with Crippen LogP contribution in [0.4, 0.5) is 5.00 Å². The van der Waals surface area contributed by atoms with E-state index in [0.717, 1.165) is 24.0 Å². The lowest BCUT2D eigenvalue weighted by Gasteiger charge is -2.19. The van der Waals surface area contributed by atoms with Crippen LogP contribution in [0, 0.1) is 19.8 Å². The van der Waals surface area contributed by atoms with Crippen molar-refractivity contribution in [2.24, 2.45) is 5.92 Å². The van der Waals surface area contributed by atoms with E-state index >= 15 is 0 Å². The number of rotatable bonds is 6. The summed E-state index contributed by atoms with van der Waals surface area (Å²) in [5.74, 6) is 0.308. The lowest BCUT2D eigenvalue weighted by Crippen LogP contribution is -2.29. The van der Waals surface area contributed by atoms with E-state index in [2.05, 4.69) is 41.8 Å². The Morgan fingerprint density at radius 2 is 1.86 bits per heavy atom.